The summed E-state index contributed by atoms with van der Waals surface area (Å²) >= 11 is 1.63. The van der Waals surface area contributed by atoms with Gasteiger partial charge in [-0.3, -0.25) is 14.6 Å². The summed E-state index contributed by atoms with van der Waals surface area (Å²) in [6, 6.07) is 14.3. The first kappa shape index (κ1) is 18.8. The molecule has 0 radical (unpaired) electrons. The van der Waals surface area contributed by atoms with E-state index < -0.39 is 0 Å². The third-order valence-corrected chi connectivity index (χ3v) is 5.06. The number of amides is 2. The third kappa shape index (κ3) is 4.80. The number of benzene rings is 1. The summed E-state index contributed by atoms with van der Waals surface area (Å²) in [4.78, 5) is 30.1. The molecule has 6 heteroatoms. The maximum absolute atomic E-state index is 12.7. The number of carbonyl (C=O) groups excluding carboxylic acids is 2. The number of nitrogens with one attached hydrogen (secondary N) is 2. The van der Waals surface area contributed by atoms with Crippen LogP contribution in [0.15, 0.2) is 66.3 Å². The average molecular weight is 379 g/mol. The highest BCUT2D eigenvalue weighted by Gasteiger charge is 2.20. The van der Waals surface area contributed by atoms with Gasteiger partial charge in [-0.1, -0.05) is 26.0 Å². The SMILES string of the molecule is CC(C)C(NC(=O)c1cccc(NC(=O)c2cccnc2)c1)c1cccs1. The van der Waals surface area contributed by atoms with Crippen LogP contribution in [0.25, 0.3) is 0 Å². The molecule has 27 heavy (non-hydrogen) atoms. The Labute approximate surface area is 162 Å². The molecule has 3 rings (SSSR count). The van der Waals surface area contributed by atoms with E-state index in [-0.39, 0.29) is 23.8 Å². The Bertz CT molecular complexity index is 908. The van der Waals surface area contributed by atoms with Crippen molar-refractivity contribution in [1.29, 1.82) is 0 Å². The largest absolute Gasteiger partial charge is 0.344 e. The molecule has 2 heterocycles. The number of aromatic nitrogens is 1. The Morgan fingerprint density at radius 1 is 1.00 bits per heavy atom. The molecule has 3 aromatic rings. The van der Waals surface area contributed by atoms with Crippen molar-refractivity contribution in [3.63, 3.8) is 0 Å². The molecule has 2 N–H and O–H groups in total. The highest BCUT2D eigenvalue weighted by molar-refractivity contribution is 7.10. The highest BCUT2D eigenvalue weighted by atomic mass is 32.1. The minimum absolute atomic E-state index is 0.0499. The van der Waals surface area contributed by atoms with Gasteiger partial charge in [-0.15, -0.1) is 11.3 Å². The fraction of sp³-hybridized carbons (Fsp3) is 0.190. The van der Waals surface area contributed by atoms with Crippen molar-refractivity contribution in [3.05, 3.63) is 82.3 Å². The number of pyridine rings is 1. The lowest BCUT2D eigenvalue weighted by Gasteiger charge is -2.21. The minimum Gasteiger partial charge on any atom is -0.344 e. The molecule has 5 nitrogen and oxygen atoms in total. The zero-order valence-electron chi connectivity index (χ0n) is 15.2. The van der Waals surface area contributed by atoms with Crippen LogP contribution < -0.4 is 10.6 Å². The van der Waals surface area contributed by atoms with Crippen LogP contribution in [0.5, 0.6) is 0 Å². The fourth-order valence-corrected chi connectivity index (χ4v) is 3.65. The van der Waals surface area contributed by atoms with Gasteiger partial charge in [-0.05, 0) is 47.7 Å². The minimum atomic E-state index is -0.265. The molecule has 0 bridgehead atoms. The van der Waals surface area contributed by atoms with Crippen molar-refractivity contribution in [2.45, 2.75) is 19.9 Å². The average Bonchev–Trinajstić information content (AvgIpc) is 3.21. The molecule has 138 valence electrons. The number of hydrogen-bond donors (Lipinski definition) is 2. The molecular weight excluding hydrogens is 358 g/mol. The molecule has 0 fully saturated rings. The van der Waals surface area contributed by atoms with Gasteiger partial charge in [0.05, 0.1) is 11.6 Å². The van der Waals surface area contributed by atoms with Crippen LogP contribution >= 0.6 is 11.3 Å². The van der Waals surface area contributed by atoms with Crippen LogP contribution in [0.2, 0.25) is 0 Å². The molecule has 0 spiro atoms. The highest BCUT2D eigenvalue weighted by Crippen LogP contribution is 2.26. The van der Waals surface area contributed by atoms with E-state index in [1.165, 1.54) is 6.20 Å². The molecular formula is C21H21N3O2S. The van der Waals surface area contributed by atoms with E-state index >= 15 is 0 Å². The van der Waals surface area contributed by atoms with E-state index in [2.05, 4.69) is 29.5 Å². The second-order valence-electron chi connectivity index (χ2n) is 6.49. The number of hydrogen-bond acceptors (Lipinski definition) is 4. The molecule has 1 unspecified atom stereocenters. The molecule has 1 atom stereocenters. The predicted octanol–water partition coefficient (Wildman–Crippen LogP) is 4.52. The van der Waals surface area contributed by atoms with Gasteiger partial charge in [-0.2, -0.15) is 0 Å². The third-order valence-electron chi connectivity index (χ3n) is 4.11. The Morgan fingerprint density at radius 3 is 2.48 bits per heavy atom. The van der Waals surface area contributed by atoms with Gasteiger partial charge in [0, 0.05) is 28.5 Å². The molecule has 2 amide bonds. The molecule has 0 aliphatic rings. The molecule has 0 aliphatic heterocycles. The summed E-state index contributed by atoms with van der Waals surface area (Å²) in [5.41, 5.74) is 1.53. The van der Waals surface area contributed by atoms with E-state index in [1.54, 1.807) is 53.9 Å². The predicted molar refractivity (Wildman–Crippen MR) is 108 cm³/mol. The second kappa shape index (κ2) is 8.60. The van der Waals surface area contributed by atoms with E-state index in [1.807, 2.05) is 17.5 Å². The summed E-state index contributed by atoms with van der Waals surface area (Å²) in [6.07, 6.45) is 3.11. The van der Waals surface area contributed by atoms with Crippen LogP contribution in [-0.4, -0.2) is 16.8 Å². The smallest absolute Gasteiger partial charge is 0.257 e. The molecule has 0 aliphatic carbocycles. The maximum atomic E-state index is 12.7. The number of carbonyl (C=O) groups is 2. The first-order chi connectivity index (χ1) is 13.0. The van der Waals surface area contributed by atoms with Crippen LogP contribution in [0.1, 0.15) is 45.5 Å². The van der Waals surface area contributed by atoms with E-state index in [4.69, 9.17) is 0 Å². The summed E-state index contributed by atoms with van der Waals surface area (Å²) in [6.45, 7) is 4.16. The normalized spacial score (nSPS) is 11.8. The van der Waals surface area contributed by atoms with Gasteiger partial charge in [0.2, 0.25) is 0 Å². The standard InChI is InChI=1S/C21H21N3O2S/c1-14(2)19(18-9-5-11-27-18)24-20(25)15-6-3-8-17(12-15)23-21(26)16-7-4-10-22-13-16/h3-14,19H,1-2H3,(H,23,26)(H,24,25). The van der Waals surface area contributed by atoms with Crippen molar-refractivity contribution in [1.82, 2.24) is 10.3 Å². The maximum Gasteiger partial charge on any atom is 0.257 e. The van der Waals surface area contributed by atoms with E-state index in [9.17, 15) is 9.59 Å². The Morgan fingerprint density at radius 2 is 1.81 bits per heavy atom. The quantitative estimate of drug-likeness (QED) is 0.661. The molecule has 0 saturated heterocycles. The number of anilines is 1. The van der Waals surface area contributed by atoms with Gasteiger partial charge in [0.15, 0.2) is 0 Å². The van der Waals surface area contributed by atoms with Crippen molar-refractivity contribution in [2.24, 2.45) is 5.92 Å². The first-order valence-electron chi connectivity index (χ1n) is 8.70. The van der Waals surface area contributed by atoms with Gasteiger partial charge in [0.1, 0.15) is 0 Å². The summed E-state index contributed by atoms with van der Waals surface area (Å²) in [5, 5.41) is 7.90. The first-order valence-corrected chi connectivity index (χ1v) is 9.58. The number of thiophene rings is 1. The van der Waals surface area contributed by atoms with Crippen LogP contribution in [0.4, 0.5) is 5.69 Å². The van der Waals surface area contributed by atoms with Crippen molar-refractivity contribution in [3.8, 4) is 0 Å². The van der Waals surface area contributed by atoms with Crippen LogP contribution in [0, 0.1) is 5.92 Å². The van der Waals surface area contributed by atoms with Crippen molar-refractivity contribution >= 4 is 28.8 Å². The summed E-state index contributed by atoms with van der Waals surface area (Å²) < 4.78 is 0. The number of rotatable bonds is 6. The monoisotopic (exact) mass is 379 g/mol. The van der Waals surface area contributed by atoms with Crippen LogP contribution in [-0.2, 0) is 0 Å². The lowest BCUT2D eigenvalue weighted by Crippen LogP contribution is -2.31. The lowest BCUT2D eigenvalue weighted by atomic mass is 10.0. The Kier molecular flexibility index (Phi) is 5.98. The molecule has 1 aromatic carbocycles. The Hall–Kier alpha value is -2.99. The topological polar surface area (TPSA) is 71.1 Å². The van der Waals surface area contributed by atoms with Crippen LogP contribution in [0.3, 0.4) is 0 Å². The second-order valence-corrected chi connectivity index (χ2v) is 7.47. The summed E-state index contributed by atoms with van der Waals surface area (Å²) in [7, 11) is 0. The zero-order valence-corrected chi connectivity index (χ0v) is 16.0. The van der Waals surface area contributed by atoms with Gasteiger partial charge < -0.3 is 10.6 Å². The fourth-order valence-electron chi connectivity index (χ4n) is 2.70. The summed E-state index contributed by atoms with van der Waals surface area (Å²) in [5.74, 6) is -0.167. The van der Waals surface area contributed by atoms with E-state index in [0.717, 1.165) is 4.88 Å². The molecule has 0 saturated carbocycles. The molecule has 2 aromatic heterocycles. The van der Waals surface area contributed by atoms with Crippen molar-refractivity contribution in [2.75, 3.05) is 5.32 Å². The van der Waals surface area contributed by atoms with Crippen molar-refractivity contribution < 1.29 is 9.59 Å². The lowest BCUT2D eigenvalue weighted by molar-refractivity contribution is 0.0925. The van der Waals surface area contributed by atoms with Gasteiger partial charge in [0.25, 0.3) is 11.8 Å². The Balaban J connectivity index is 1.72. The van der Waals surface area contributed by atoms with Gasteiger partial charge >= 0.3 is 0 Å². The zero-order chi connectivity index (χ0) is 19.2. The van der Waals surface area contributed by atoms with Gasteiger partial charge in [-0.25, -0.2) is 0 Å². The number of nitrogens with zero attached hydrogens (tertiary/aromatic N) is 1. The van der Waals surface area contributed by atoms with E-state index in [0.29, 0.717) is 16.8 Å².